The van der Waals surface area contributed by atoms with E-state index in [1.807, 2.05) is 0 Å². The fourth-order valence-corrected chi connectivity index (χ4v) is 8.15. The van der Waals surface area contributed by atoms with Gasteiger partial charge < -0.3 is 25.7 Å². The molecule has 0 fully saturated rings. The summed E-state index contributed by atoms with van der Waals surface area (Å²) in [6, 6.07) is 9.37. The number of rotatable bonds is 5. The molecule has 2 heterocycles. The zero-order chi connectivity index (χ0) is 35.3. The standard InChI is InChI=1S/C27H16Cl2N2O14S3/c28-16-8-11(46(34,35)36)9-17(29)22(16)44-25(32)10-1-2-13-12(7-10)26(33)45-27(13)14-3-5-18(30)23(47(37,38)39)20(14)43-21-15(27)4-6-19(31)24(21)48(40,41)42/h1-9H,30-31H2,(H,34,35,36)(H,37,38,39)(H,40,41,42). The summed E-state index contributed by atoms with van der Waals surface area (Å²) in [5.41, 5.74) is 7.12. The van der Waals surface area contributed by atoms with Crippen molar-refractivity contribution in [1.82, 2.24) is 0 Å². The summed E-state index contributed by atoms with van der Waals surface area (Å²) in [5.74, 6) is -4.30. The fraction of sp³-hybridized carbons (Fsp3) is 0.0370. The smallest absolute Gasteiger partial charge is 0.343 e. The van der Waals surface area contributed by atoms with E-state index in [2.05, 4.69) is 0 Å². The van der Waals surface area contributed by atoms with Gasteiger partial charge in [0, 0.05) is 16.7 Å². The van der Waals surface area contributed by atoms with Crippen molar-refractivity contribution < 1.29 is 62.7 Å². The maximum absolute atomic E-state index is 13.5. The summed E-state index contributed by atoms with van der Waals surface area (Å²) in [6.07, 6.45) is 0. The number of hydrogen-bond acceptors (Lipinski definition) is 13. The van der Waals surface area contributed by atoms with Crippen molar-refractivity contribution in [2.75, 3.05) is 11.5 Å². The van der Waals surface area contributed by atoms with Gasteiger partial charge >= 0.3 is 11.9 Å². The van der Waals surface area contributed by atoms with Crippen LogP contribution >= 0.6 is 23.2 Å². The second kappa shape index (κ2) is 10.8. The van der Waals surface area contributed by atoms with E-state index >= 15 is 0 Å². The molecule has 0 saturated heterocycles. The van der Waals surface area contributed by atoms with Crippen molar-refractivity contribution in [3.63, 3.8) is 0 Å². The highest BCUT2D eigenvalue weighted by atomic mass is 35.5. The van der Waals surface area contributed by atoms with Crippen LogP contribution in [0.5, 0.6) is 17.2 Å². The summed E-state index contributed by atoms with van der Waals surface area (Å²) >= 11 is 12.1. The Morgan fingerprint density at radius 2 is 1.21 bits per heavy atom. The van der Waals surface area contributed by atoms with Gasteiger partial charge in [0.1, 0.15) is 0 Å². The van der Waals surface area contributed by atoms with Crippen LogP contribution in [0.3, 0.4) is 0 Å². The lowest BCUT2D eigenvalue weighted by molar-refractivity contribution is 0.0221. The Kier molecular flexibility index (Phi) is 7.50. The average Bonchev–Trinajstić information content (AvgIpc) is 3.24. The van der Waals surface area contributed by atoms with Crippen molar-refractivity contribution in [3.8, 4) is 17.2 Å². The third kappa shape index (κ3) is 5.11. The Balaban J connectivity index is 1.56. The summed E-state index contributed by atoms with van der Waals surface area (Å²) in [5, 5.41) is -0.942. The molecule has 0 amide bonds. The van der Waals surface area contributed by atoms with Crippen LogP contribution in [0.25, 0.3) is 0 Å². The van der Waals surface area contributed by atoms with E-state index in [1.54, 1.807) is 0 Å². The molecule has 0 unspecified atom stereocenters. The number of benzene rings is 4. The molecule has 0 bridgehead atoms. The van der Waals surface area contributed by atoms with Gasteiger partial charge in [0.2, 0.25) is 0 Å². The average molecular weight is 760 g/mol. The number of ether oxygens (including phenoxy) is 3. The Hall–Kier alpha value is -4.47. The number of anilines is 2. The molecular formula is C27H16Cl2N2O14S3. The number of carbonyl (C=O) groups is 2. The predicted octanol–water partition coefficient (Wildman–Crippen LogP) is 3.69. The third-order valence-electron chi connectivity index (χ3n) is 7.33. The van der Waals surface area contributed by atoms with E-state index in [0.717, 1.165) is 36.4 Å². The van der Waals surface area contributed by atoms with E-state index in [1.165, 1.54) is 18.2 Å². The third-order valence-corrected chi connectivity index (χ3v) is 10.6. The molecule has 0 aromatic heterocycles. The summed E-state index contributed by atoms with van der Waals surface area (Å²) in [7, 11) is -15.1. The predicted molar refractivity (Wildman–Crippen MR) is 164 cm³/mol. The minimum absolute atomic E-state index is 0.0967. The second-order valence-corrected chi connectivity index (χ2v) is 15.1. The lowest BCUT2D eigenvalue weighted by Crippen LogP contribution is -2.34. The minimum atomic E-state index is -5.20. The molecule has 48 heavy (non-hydrogen) atoms. The van der Waals surface area contributed by atoms with Gasteiger partial charge in [-0.2, -0.15) is 25.3 Å². The molecule has 4 aromatic rings. The molecule has 6 rings (SSSR count). The number of fused-ring (bicyclic) bond motifs is 6. The van der Waals surface area contributed by atoms with Gasteiger partial charge in [-0.25, -0.2) is 9.59 Å². The quantitative estimate of drug-likeness (QED) is 0.0840. The number of nitrogens with two attached hydrogens (primary N) is 2. The second-order valence-electron chi connectivity index (χ2n) is 10.2. The van der Waals surface area contributed by atoms with E-state index in [4.69, 9.17) is 48.9 Å². The van der Waals surface area contributed by atoms with Crippen LogP contribution < -0.4 is 20.9 Å². The number of halogens is 2. The van der Waals surface area contributed by atoms with Gasteiger partial charge in [-0.1, -0.05) is 29.3 Å². The molecule has 0 atom stereocenters. The monoisotopic (exact) mass is 758 g/mol. The Morgan fingerprint density at radius 1 is 0.729 bits per heavy atom. The molecule has 4 aromatic carbocycles. The molecule has 1 spiro atoms. The summed E-state index contributed by atoms with van der Waals surface area (Å²) < 4.78 is 119. The normalized spacial score (nSPS) is 14.8. The van der Waals surface area contributed by atoms with Crippen LogP contribution in [-0.4, -0.2) is 50.9 Å². The van der Waals surface area contributed by atoms with Crippen molar-refractivity contribution >= 4 is 76.9 Å². The first-order valence-electron chi connectivity index (χ1n) is 12.7. The molecule has 2 aliphatic heterocycles. The van der Waals surface area contributed by atoms with E-state index in [9.17, 15) is 48.5 Å². The largest absolute Gasteiger partial charge is 0.453 e. The van der Waals surface area contributed by atoms with E-state index in [0.29, 0.717) is 0 Å². The Morgan fingerprint density at radius 3 is 1.67 bits per heavy atom. The molecule has 16 nitrogen and oxygen atoms in total. The van der Waals surface area contributed by atoms with Crippen molar-refractivity contribution in [2.45, 2.75) is 20.3 Å². The maximum Gasteiger partial charge on any atom is 0.343 e. The van der Waals surface area contributed by atoms with Crippen LogP contribution in [0.2, 0.25) is 10.0 Å². The topological polar surface area (TPSA) is 277 Å². The number of esters is 2. The molecule has 250 valence electrons. The zero-order valence-electron chi connectivity index (χ0n) is 23.2. The molecule has 0 aliphatic carbocycles. The summed E-state index contributed by atoms with van der Waals surface area (Å²) in [6.45, 7) is 0. The number of carbonyl (C=O) groups excluding carboxylic acids is 2. The fourth-order valence-electron chi connectivity index (χ4n) is 5.42. The van der Waals surface area contributed by atoms with Gasteiger partial charge in [-0.05, 0) is 48.5 Å². The van der Waals surface area contributed by atoms with Crippen LogP contribution in [0, 0.1) is 0 Å². The van der Waals surface area contributed by atoms with Crippen molar-refractivity contribution in [1.29, 1.82) is 0 Å². The van der Waals surface area contributed by atoms with Gasteiger partial charge in [0.25, 0.3) is 30.4 Å². The molecule has 21 heteroatoms. The van der Waals surface area contributed by atoms with Gasteiger partial charge in [-0.15, -0.1) is 0 Å². The van der Waals surface area contributed by atoms with E-state index < -0.39 is 101 Å². The SMILES string of the molecule is Nc1ccc2c(c1S(=O)(=O)O)Oc1c(ccc(N)c1S(=O)(=O)O)C21OC(=O)c2cc(C(=O)Oc3c(Cl)cc(S(=O)(=O)O)cc3Cl)ccc21. The highest BCUT2D eigenvalue weighted by Gasteiger charge is 2.56. The molecule has 7 N–H and O–H groups in total. The first-order valence-corrected chi connectivity index (χ1v) is 17.8. The highest BCUT2D eigenvalue weighted by molar-refractivity contribution is 7.86. The Bertz CT molecular complexity index is 2390. The first kappa shape index (κ1) is 33.4. The molecule has 0 saturated carbocycles. The van der Waals surface area contributed by atoms with Crippen LogP contribution in [0.15, 0.2) is 69.3 Å². The summed E-state index contributed by atoms with van der Waals surface area (Å²) in [4.78, 5) is 23.9. The van der Waals surface area contributed by atoms with Crippen LogP contribution in [0.4, 0.5) is 11.4 Å². The van der Waals surface area contributed by atoms with Crippen LogP contribution in [0.1, 0.15) is 37.4 Å². The molecule has 2 aliphatic rings. The van der Waals surface area contributed by atoms with Gasteiger partial charge in [0.15, 0.2) is 32.6 Å². The van der Waals surface area contributed by atoms with Crippen molar-refractivity contribution in [2.24, 2.45) is 0 Å². The van der Waals surface area contributed by atoms with Gasteiger partial charge in [-0.3, -0.25) is 13.7 Å². The highest BCUT2D eigenvalue weighted by Crippen LogP contribution is 2.59. The van der Waals surface area contributed by atoms with E-state index in [-0.39, 0.29) is 27.8 Å². The number of hydrogen-bond donors (Lipinski definition) is 5. The van der Waals surface area contributed by atoms with Crippen molar-refractivity contribution in [3.05, 3.63) is 92.5 Å². The maximum atomic E-state index is 13.5. The Labute approximate surface area is 280 Å². The minimum Gasteiger partial charge on any atom is -0.453 e. The lowest BCUT2D eigenvalue weighted by Gasteiger charge is -2.37. The molecule has 0 radical (unpaired) electrons. The molecular weight excluding hydrogens is 743 g/mol. The van der Waals surface area contributed by atoms with Crippen LogP contribution in [-0.2, 0) is 40.7 Å². The lowest BCUT2D eigenvalue weighted by atomic mass is 9.77. The van der Waals surface area contributed by atoms with Gasteiger partial charge in [0.05, 0.1) is 37.4 Å². The number of nitrogen functional groups attached to an aromatic ring is 2. The first-order chi connectivity index (χ1) is 22.2. The zero-order valence-corrected chi connectivity index (χ0v) is 27.1.